The van der Waals surface area contributed by atoms with Gasteiger partial charge in [-0.15, -0.1) is 0 Å². The maximum absolute atomic E-state index is 6.48. The number of nitrogens with zero attached hydrogens (tertiary/aromatic N) is 5. The van der Waals surface area contributed by atoms with Crippen molar-refractivity contribution in [1.29, 1.82) is 0 Å². The first-order valence-corrected chi connectivity index (χ1v) is 14.4. The molecule has 5 rings (SSSR count). The molecule has 1 aromatic heterocycles. The van der Waals surface area contributed by atoms with Gasteiger partial charge in [-0.2, -0.15) is 15.1 Å². The molecule has 2 aliphatic rings. The van der Waals surface area contributed by atoms with Crippen LogP contribution in [-0.4, -0.2) is 82.0 Å². The zero-order valence-electron chi connectivity index (χ0n) is 22.6. The molecule has 41 heavy (non-hydrogen) atoms. The van der Waals surface area contributed by atoms with Crippen molar-refractivity contribution in [2.75, 3.05) is 81.0 Å². The van der Waals surface area contributed by atoms with Crippen LogP contribution in [0.5, 0.6) is 11.5 Å². The van der Waals surface area contributed by atoms with Gasteiger partial charge in [0.15, 0.2) is 5.82 Å². The van der Waals surface area contributed by atoms with Crippen LogP contribution in [0, 0.1) is 6.92 Å². The number of aryl methyl sites for hydroxylation is 1. The second-order valence-electron chi connectivity index (χ2n) is 9.39. The molecule has 0 bridgehead atoms. The van der Waals surface area contributed by atoms with Crippen molar-refractivity contribution in [2.24, 2.45) is 5.10 Å². The van der Waals surface area contributed by atoms with Crippen molar-refractivity contribution >= 4 is 58.6 Å². The van der Waals surface area contributed by atoms with E-state index in [4.69, 9.17) is 63.7 Å². The maximum Gasteiger partial charge on any atom is 0.229 e. The first-order chi connectivity index (χ1) is 20.0. The number of ether oxygens (including phenoxy) is 4. The third-order valence-corrected chi connectivity index (χ3v) is 7.40. The molecular weight excluding hydrogens is 591 g/mol. The lowest BCUT2D eigenvalue weighted by Gasteiger charge is -2.31. The van der Waals surface area contributed by atoms with Gasteiger partial charge in [0, 0.05) is 47.9 Å². The van der Waals surface area contributed by atoms with Crippen LogP contribution in [0.1, 0.15) is 11.1 Å². The molecule has 0 saturated carbocycles. The number of benzene rings is 2. The standard InChI is InChI=1S/C28H31Cl3N6O4/c1-19-14-22(2-3-23(19)30)40-12-13-41-27-20(15-21(29)16-24(27)31)18-32-35-25-17-26(36-4-8-38-9-5-36)34-28(33-25)37-6-10-39-11-7-37/h2-3,14-18H,4-13H2,1H3,(H,33,34,35)/b32-18+. The van der Waals surface area contributed by atoms with Crippen molar-refractivity contribution in [2.45, 2.75) is 6.92 Å². The number of hydrogen-bond acceptors (Lipinski definition) is 10. The molecule has 218 valence electrons. The molecule has 0 atom stereocenters. The van der Waals surface area contributed by atoms with Gasteiger partial charge in [0.25, 0.3) is 0 Å². The second-order valence-corrected chi connectivity index (χ2v) is 10.6. The highest BCUT2D eigenvalue weighted by Gasteiger charge is 2.19. The van der Waals surface area contributed by atoms with E-state index in [9.17, 15) is 0 Å². The molecule has 2 fully saturated rings. The lowest BCUT2D eigenvalue weighted by atomic mass is 10.2. The van der Waals surface area contributed by atoms with Gasteiger partial charge in [-0.3, -0.25) is 5.43 Å². The summed E-state index contributed by atoms with van der Waals surface area (Å²) in [6, 6.07) is 10.7. The van der Waals surface area contributed by atoms with E-state index in [0.717, 1.165) is 37.6 Å². The lowest BCUT2D eigenvalue weighted by Crippen LogP contribution is -2.39. The minimum atomic E-state index is 0.259. The van der Waals surface area contributed by atoms with Gasteiger partial charge in [-0.25, -0.2) is 0 Å². The number of hydrogen-bond donors (Lipinski definition) is 1. The van der Waals surface area contributed by atoms with Crippen molar-refractivity contribution in [1.82, 2.24) is 9.97 Å². The van der Waals surface area contributed by atoms with Crippen LogP contribution in [0.3, 0.4) is 0 Å². The number of anilines is 3. The molecule has 3 heterocycles. The van der Waals surface area contributed by atoms with Gasteiger partial charge >= 0.3 is 0 Å². The summed E-state index contributed by atoms with van der Waals surface area (Å²) in [6.45, 7) is 8.02. The number of rotatable bonds is 10. The van der Waals surface area contributed by atoms with E-state index in [-0.39, 0.29) is 6.61 Å². The molecule has 1 N–H and O–H groups in total. The van der Waals surface area contributed by atoms with Crippen LogP contribution in [0.15, 0.2) is 41.5 Å². The highest BCUT2D eigenvalue weighted by molar-refractivity contribution is 6.36. The van der Waals surface area contributed by atoms with E-state index in [1.54, 1.807) is 24.4 Å². The number of aromatic nitrogens is 2. The molecule has 2 aromatic carbocycles. The fourth-order valence-electron chi connectivity index (χ4n) is 4.35. The fraction of sp³-hybridized carbons (Fsp3) is 0.393. The van der Waals surface area contributed by atoms with E-state index in [1.165, 1.54) is 0 Å². The minimum Gasteiger partial charge on any atom is -0.490 e. The number of nitrogens with one attached hydrogen (secondary N) is 1. The predicted molar refractivity (Wildman–Crippen MR) is 163 cm³/mol. The molecule has 2 aliphatic heterocycles. The summed E-state index contributed by atoms with van der Waals surface area (Å²) >= 11 is 18.9. The maximum atomic E-state index is 6.48. The molecule has 10 nitrogen and oxygen atoms in total. The van der Waals surface area contributed by atoms with Crippen LogP contribution in [0.25, 0.3) is 0 Å². The summed E-state index contributed by atoms with van der Waals surface area (Å²) in [5, 5.41) is 5.95. The first-order valence-electron chi connectivity index (χ1n) is 13.3. The van der Waals surface area contributed by atoms with E-state index in [1.807, 2.05) is 25.1 Å². The third kappa shape index (κ3) is 8.05. The molecule has 3 aromatic rings. The Morgan fingerprint density at radius 3 is 2.32 bits per heavy atom. The van der Waals surface area contributed by atoms with Gasteiger partial charge in [0.1, 0.15) is 30.5 Å². The van der Waals surface area contributed by atoms with Gasteiger partial charge in [0.2, 0.25) is 5.95 Å². The Hall–Kier alpha value is -3.02. The lowest BCUT2D eigenvalue weighted by molar-refractivity contribution is 0.121. The zero-order chi connectivity index (χ0) is 28.6. The number of hydrazone groups is 1. The zero-order valence-corrected chi connectivity index (χ0v) is 24.9. The SMILES string of the molecule is Cc1cc(OCCOc2c(Cl)cc(Cl)cc2/C=N/Nc2cc(N3CCOCC3)nc(N3CCOCC3)n2)ccc1Cl. The van der Waals surface area contributed by atoms with Gasteiger partial charge < -0.3 is 28.7 Å². The molecule has 0 spiro atoms. The van der Waals surface area contributed by atoms with Crippen LogP contribution >= 0.6 is 34.8 Å². The average Bonchev–Trinajstić information content (AvgIpc) is 2.99. The minimum absolute atomic E-state index is 0.259. The first kappa shape index (κ1) is 29.5. The average molecular weight is 622 g/mol. The van der Waals surface area contributed by atoms with E-state index in [2.05, 4.69) is 20.3 Å². The summed E-state index contributed by atoms with van der Waals surface area (Å²) < 4.78 is 22.8. The van der Waals surface area contributed by atoms with Gasteiger partial charge in [-0.1, -0.05) is 34.8 Å². The van der Waals surface area contributed by atoms with Crippen LogP contribution in [-0.2, 0) is 9.47 Å². The summed E-state index contributed by atoms with van der Waals surface area (Å²) in [5.74, 6) is 3.15. The van der Waals surface area contributed by atoms with Crippen LogP contribution < -0.4 is 24.7 Å². The highest BCUT2D eigenvalue weighted by atomic mass is 35.5. The molecule has 0 radical (unpaired) electrons. The Morgan fingerprint density at radius 2 is 1.59 bits per heavy atom. The largest absolute Gasteiger partial charge is 0.490 e. The molecule has 0 unspecified atom stereocenters. The Balaban J connectivity index is 1.28. The Bertz CT molecular complexity index is 1330. The summed E-state index contributed by atoms with van der Waals surface area (Å²) in [5.41, 5.74) is 4.59. The van der Waals surface area contributed by atoms with Gasteiger partial charge in [0.05, 0.1) is 37.7 Å². The Kier molecular flexibility index (Phi) is 10.2. The van der Waals surface area contributed by atoms with E-state index >= 15 is 0 Å². The summed E-state index contributed by atoms with van der Waals surface area (Å²) in [6.07, 6.45) is 1.60. The predicted octanol–water partition coefficient (Wildman–Crippen LogP) is 5.32. The normalized spacial score (nSPS) is 15.8. The van der Waals surface area contributed by atoms with Crippen LogP contribution in [0.2, 0.25) is 15.1 Å². The fourth-order valence-corrected chi connectivity index (χ4v) is 5.03. The van der Waals surface area contributed by atoms with Crippen LogP contribution in [0.4, 0.5) is 17.6 Å². The van der Waals surface area contributed by atoms with Gasteiger partial charge in [-0.05, 0) is 42.8 Å². The second kappa shape index (κ2) is 14.2. The van der Waals surface area contributed by atoms with E-state index in [0.29, 0.717) is 76.9 Å². The summed E-state index contributed by atoms with van der Waals surface area (Å²) in [7, 11) is 0. The molecule has 2 saturated heterocycles. The number of halogens is 3. The van der Waals surface area contributed by atoms with Crippen molar-refractivity contribution in [3.8, 4) is 11.5 Å². The van der Waals surface area contributed by atoms with Crippen molar-refractivity contribution < 1.29 is 18.9 Å². The quantitative estimate of drug-likeness (QED) is 0.183. The van der Waals surface area contributed by atoms with Crippen molar-refractivity contribution in [3.63, 3.8) is 0 Å². The summed E-state index contributed by atoms with van der Waals surface area (Å²) in [4.78, 5) is 13.8. The van der Waals surface area contributed by atoms with E-state index < -0.39 is 0 Å². The highest BCUT2D eigenvalue weighted by Crippen LogP contribution is 2.32. The van der Waals surface area contributed by atoms with Crippen molar-refractivity contribution in [3.05, 3.63) is 62.6 Å². The Labute approximate surface area is 254 Å². The smallest absolute Gasteiger partial charge is 0.229 e. The monoisotopic (exact) mass is 620 g/mol. The molecular formula is C28H31Cl3N6O4. The molecule has 13 heteroatoms. The Morgan fingerprint density at radius 1 is 0.878 bits per heavy atom. The molecule has 0 amide bonds. The third-order valence-electron chi connectivity index (χ3n) is 6.48. The topological polar surface area (TPSA) is 93.6 Å². The number of morpholine rings is 2. The molecule has 0 aliphatic carbocycles.